The number of nitrogens with zero attached hydrogens (tertiary/aromatic N) is 2. The van der Waals surface area contributed by atoms with Gasteiger partial charge in [-0.3, -0.25) is 9.59 Å². The van der Waals surface area contributed by atoms with Gasteiger partial charge in [-0.15, -0.1) is 0 Å². The minimum atomic E-state index is -0.415. The number of aromatic nitrogens is 4. The van der Waals surface area contributed by atoms with Gasteiger partial charge in [0.25, 0.3) is 0 Å². The van der Waals surface area contributed by atoms with E-state index in [-0.39, 0.29) is 24.8 Å². The summed E-state index contributed by atoms with van der Waals surface area (Å²) < 4.78 is 10.6. The Morgan fingerprint density at radius 3 is 1.12 bits per heavy atom. The molecule has 0 amide bonds. The Labute approximate surface area is 392 Å². The van der Waals surface area contributed by atoms with Crippen LogP contribution in [0.3, 0.4) is 0 Å². The number of benzene rings is 4. The van der Waals surface area contributed by atoms with Gasteiger partial charge in [0.15, 0.2) is 11.6 Å². The van der Waals surface area contributed by atoms with Crippen molar-refractivity contribution in [3.63, 3.8) is 0 Å². The highest BCUT2D eigenvalue weighted by Gasteiger charge is 2.18. The highest BCUT2D eigenvalue weighted by Crippen LogP contribution is 2.35. The van der Waals surface area contributed by atoms with E-state index in [1.165, 1.54) is 13.8 Å². The van der Waals surface area contributed by atoms with E-state index in [1.54, 1.807) is 62.4 Å². The van der Waals surface area contributed by atoms with Gasteiger partial charge >= 0.3 is 11.9 Å². The molecule has 0 radical (unpaired) electrons. The van der Waals surface area contributed by atoms with E-state index < -0.39 is 11.9 Å². The third-order valence-electron chi connectivity index (χ3n) is 11.4. The fourth-order valence-corrected chi connectivity index (χ4v) is 7.90. The number of hydrogen-bond acceptors (Lipinski definition) is 8. The van der Waals surface area contributed by atoms with E-state index >= 15 is 0 Å². The van der Waals surface area contributed by atoms with Gasteiger partial charge in [-0.2, -0.15) is 0 Å². The van der Waals surface area contributed by atoms with Crippen molar-refractivity contribution in [1.82, 2.24) is 19.9 Å². The monoisotopic (exact) mass is 890 g/mol. The van der Waals surface area contributed by atoms with Crippen molar-refractivity contribution in [3.8, 4) is 45.9 Å². The van der Waals surface area contributed by atoms with E-state index in [1.807, 2.05) is 97.1 Å². The van der Waals surface area contributed by atoms with Gasteiger partial charge in [0.1, 0.15) is 0 Å². The molecule has 7 aromatic rings. The summed E-state index contributed by atoms with van der Waals surface area (Å²) >= 11 is 0. The number of rotatable bonds is 8. The third kappa shape index (κ3) is 9.21. The zero-order chi connectivity index (χ0) is 47.3. The lowest BCUT2D eigenvalue weighted by molar-refractivity contribution is 0.0517. The summed E-state index contributed by atoms with van der Waals surface area (Å²) in [6.07, 6.45) is 7.74. The van der Waals surface area contributed by atoms with Crippen molar-refractivity contribution >= 4 is 69.9 Å². The molecule has 0 aliphatic carbocycles. The molecule has 68 heavy (non-hydrogen) atoms. The third-order valence-corrected chi connectivity index (χ3v) is 11.4. The minimum Gasteiger partial charge on any atom is -0.462 e. The van der Waals surface area contributed by atoms with Crippen molar-refractivity contribution in [3.05, 3.63) is 189 Å². The number of Topliss-reactive ketones (excluding diaryl/α,β-unsaturated/α-hetero) is 2. The number of ether oxygens (including phenoxy) is 2. The Morgan fingerprint density at radius 1 is 0.426 bits per heavy atom. The zero-order valence-electron chi connectivity index (χ0n) is 37.6. The fraction of sp³-hybridized carbons (Fsp3) is 0.103. The number of ketones is 2. The zero-order valence-corrected chi connectivity index (χ0v) is 37.6. The lowest BCUT2D eigenvalue weighted by Crippen LogP contribution is -2.04. The van der Waals surface area contributed by atoms with Gasteiger partial charge in [0, 0.05) is 44.4 Å². The quantitative estimate of drug-likeness (QED) is 0.0872. The standard InChI is InChI=1S/C58H42N4O6/c1-5-67-57(65)43-21-17-41(18-22-43)55-51-31-27-47(59-51)45(25-11-37-7-13-39(14-8-37)35(3)63)49-29-33-53(61-49)56(42-19-23-44(24-20-42)58(66)68-6-2)54-34-30-50(62-54)46(48-28-32-52(55)60-48)26-12-38-9-15-40(16-10-38)36(4)64/h7-10,13-24,27-34,59,62H,5-6H2,1-4H3. The van der Waals surface area contributed by atoms with Crippen LogP contribution in [0.25, 0.3) is 68.6 Å². The Kier molecular flexibility index (Phi) is 12.4. The van der Waals surface area contributed by atoms with E-state index in [4.69, 9.17) is 19.4 Å². The Hall–Kier alpha value is -9.12. The molecule has 10 heteroatoms. The summed E-state index contributed by atoms with van der Waals surface area (Å²) in [7, 11) is 0. The smallest absolute Gasteiger partial charge is 0.338 e. The fourth-order valence-electron chi connectivity index (χ4n) is 7.90. The number of esters is 2. The van der Waals surface area contributed by atoms with Crippen LogP contribution in [0.4, 0.5) is 0 Å². The minimum absolute atomic E-state index is 0.0333. The molecule has 2 aliphatic rings. The first-order chi connectivity index (χ1) is 33.1. The predicted molar refractivity (Wildman–Crippen MR) is 266 cm³/mol. The summed E-state index contributed by atoms with van der Waals surface area (Å²) in [5.74, 6) is 12.5. The summed E-state index contributed by atoms with van der Waals surface area (Å²) in [5, 5.41) is 0. The maximum absolute atomic E-state index is 12.7. The SMILES string of the molecule is CCOC(=O)c1ccc(-c2c3nc(c(C#Cc4ccc(C(C)=O)cc4)c4ccc([nH]4)c(-c4ccc(C(=O)OCC)cc4)c4nc(c(C#Cc5ccc(C(C)=O)cc5)c5ccc2[nH]5)C=C4)C=C3)cc1. The van der Waals surface area contributed by atoms with Gasteiger partial charge in [0.2, 0.25) is 0 Å². The maximum Gasteiger partial charge on any atom is 0.338 e. The second-order valence-corrected chi connectivity index (χ2v) is 15.9. The first-order valence-electron chi connectivity index (χ1n) is 22.0. The number of nitrogens with one attached hydrogen (secondary N) is 2. The second-order valence-electron chi connectivity index (χ2n) is 15.9. The first kappa shape index (κ1) is 44.1. The molecule has 0 atom stereocenters. The second kappa shape index (κ2) is 19.2. The van der Waals surface area contributed by atoms with Crippen LogP contribution in [0.15, 0.2) is 121 Å². The van der Waals surface area contributed by atoms with E-state index in [0.29, 0.717) is 78.3 Å². The molecule has 10 nitrogen and oxygen atoms in total. The Bertz CT molecular complexity index is 3310. The van der Waals surface area contributed by atoms with Gasteiger partial charge in [0.05, 0.1) is 69.3 Å². The van der Waals surface area contributed by atoms with Gasteiger partial charge < -0.3 is 19.4 Å². The normalized spacial score (nSPS) is 11.2. The Morgan fingerprint density at radius 2 is 0.765 bits per heavy atom. The van der Waals surface area contributed by atoms with Crippen LogP contribution < -0.4 is 0 Å². The average Bonchev–Trinajstić information content (AvgIpc) is 4.21. The average molecular weight is 891 g/mol. The molecule has 0 unspecified atom stereocenters. The number of fused-ring (bicyclic) bond motifs is 8. The molecule has 330 valence electrons. The number of carbonyl (C=O) groups is 4. The van der Waals surface area contributed by atoms with Crippen LogP contribution in [0, 0.1) is 23.7 Å². The van der Waals surface area contributed by atoms with Crippen molar-refractivity contribution in [2.24, 2.45) is 0 Å². The Balaban J connectivity index is 1.35. The molecular formula is C58H42N4O6. The maximum atomic E-state index is 12.7. The van der Waals surface area contributed by atoms with E-state index in [2.05, 4.69) is 33.6 Å². The van der Waals surface area contributed by atoms with Crippen LogP contribution in [0.5, 0.6) is 0 Å². The van der Waals surface area contributed by atoms with Crippen LogP contribution in [-0.2, 0) is 9.47 Å². The number of aromatic amines is 2. The van der Waals surface area contributed by atoms with Crippen molar-refractivity contribution in [2.75, 3.05) is 13.2 Å². The number of hydrogen-bond donors (Lipinski definition) is 2. The molecule has 9 rings (SSSR count). The van der Waals surface area contributed by atoms with Gasteiger partial charge in [-0.05, 0) is 136 Å². The summed E-state index contributed by atoms with van der Waals surface area (Å²) in [6, 6.07) is 36.6. The predicted octanol–water partition coefficient (Wildman–Crippen LogP) is 11.5. The molecule has 5 heterocycles. The molecule has 0 fully saturated rings. The van der Waals surface area contributed by atoms with Gasteiger partial charge in [-0.25, -0.2) is 19.6 Å². The van der Waals surface area contributed by atoms with Crippen molar-refractivity contribution in [2.45, 2.75) is 27.7 Å². The van der Waals surface area contributed by atoms with Gasteiger partial charge in [-0.1, -0.05) is 72.2 Å². The largest absolute Gasteiger partial charge is 0.462 e. The molecule has 0 saturated heterocycles. The van der Waals surface area contributed by atoms with Crippen LogP contribution >= 0.6 is 0 Å². The summed E-state index contributed by atoms with van der Waals surface area (Å²) in [4.78, 5) is 67.3. The van der Waals surface area contributed by atoms with E-state index in [9.17, 15) is 19.2 Å². The molecule has 0 spiro atoms. The van der Waals surface area contributed by atoms with Crippen molar-refractivity contribution < 1.29 is 28.7 Å². The highest BCUT2D eigenvalue weighted by atomic mass is 16.5. The lowest BCUT2D eigenvalue weighted by atomic mass is 10.0. The molecule has 2 aliphatic heterocycles. The lowest BCUT2D eigenvalue weighted by Gasteiger charge is -2.07. The van der Waals surface area contributed by atoms with E-state index in [0.717, 1.165) is 33.3 Å². The topological polar surface area (TPSA) is 144 Å². The number of carbonyl (C=O) groups excluding carboxylic acids is 4. The van der Waals surface area contributed by atoms with Crippen LogP contribution in [0.1, 0.15) is 114 Å². The number of H-pyrrole nitrogens is 2. The summed E-state index contributed by atoms with van der Waals surface area (Å²) in [6.45, 7) is 7.11. The van der Waals surface area contributed by atoms with Crippen molar-refractivity contribution in [1.29, 1.82) is 0 Å². The molecule has 4 aromatic carbocycles. The first-order valence-corrected chi connectivity index (χ1v) is 22.0. The van der Waals surface area contributed by atoms with Crippen LogP contribution in [-0.4, -0.2) is 56.7 Å². The highest BCUT2D eigenvalue weighted by molar-refractivity contribution is 5.98. The molecule has 3 aromatic heterocycles. The molecule has 8 bridgehead atoms. The van der Waals surface area contributed by atoms with Crippen LogP contribution in [0.2, 0.25) is 0 Å². The molecule has 0 saturated carbocycles. The molecular weight excluding hydrogens is 849 g/mol. The molecule has 2 N–H and O–H groups in total. The summed E-state index contributed by atoms with van der Waals surface area (Å²) in [5.41, 5.74) is 13.1.